The van der Waals surface area contributed by atoms with Crippen LogP contribution in [-0.4, -0.2) is 45.3 Å². The first-order valence-electron chi connectivity index (χ1n) is 7.76. The molecular formula is C17H28N2O. The van der Waals surface area contributed by atoms with E-state index in [1.807, 2.05) is 0 Å². The van der Waals surface area contributed by atoms with Crippen LogP contribution >= 0.6 is 0 Å². The highest BCUT2D eigenvalue weighted by Crippen LogP contribution is 2.23. The Morgan fingerprint density at radius 2 is 2.10 bits per heavy atom. The minimum absolute atomic E-state index is 0.704. The van der Waals surface area contributed by atoms with Crippen LogP contribution in [-0.2, 0) is 11.3 Å². The van der Waals surface area contributed by atoms with Gasteiger partial charge in [0.15, 0.2) is 0 Å². The van der Waals surface area contributed by atoms with Gasteiger partial charge >= 0.3 is 0 Å². The van der Waals surface area contributed by atoms with E-state index >= 15 is 0 Å². The van der Waals surface area contributed by atoms with Gasteiger partial charge in [-0.2, -0.15) is 0 Å². The van der Waals surface area contributed by atoms with Gasteiger partial charge in [0.2, 0.25) is 0 Å². The Bertz CT molecular complexity index is 406. The summed E-state index contributed by atoms with van der Waals surface area (Å²) < 4.78 is 5.60. The summed E-state index contributed by atoms with van der Waals surface area (Å²) >= 11 is 0. The Balaban J connectivity index is 1.95. The van der Waals surface area contributed by atoms with Crippen LogP contribution < -0.4 is 4.90 Å². The van der Waals surface area contributed by atoms with Gasteiger partial charge in [-0.25, -0.2) is 0 Å². The lowest BCUT2D eigenvalue weighted by Gasteiger charge is -2.33. The standard InChI is InChI=1S/C17H28N2O/c1-4-20-14-15-8-7-11-19(12-15)13-16-9-5-6-10-17(16)18(2)3/h5-6,9-10,15H,4,7-8,11-14H2,1-3H3. The summed E-state index contributed by atoms with van der Waals surface area (Å²) in [6.07, 6.45) is 2.60. The number of nitrogens with zero attached hydrogens (tertiary/aromatic N) is 2. The fourth-order valence-corrected chi connectivity index (χ4v) is 3.04. The number of hydrogen-bond acceptors (Lipinski definition) is 3. The van der Waals surface area contributed by atoms with E-state index in [0.29, 0.717) is 5.92 Å². The molecular weight excluding hydrogens is 248 g/mol. The van der Waals surface area contributed by atoms with Crippen LogP contribution in [0.4, 0.5) is 5.69 Å². The monoisotopic (exact) mass is 276 g/mol. The second kappa shape index (κ2) is 7.65. The fraction of sp³-hybridized carbons (Fsp3) is 0.647. The summed E-state index contributed by atoms with van der Waals surface area (Å²) in [5, 5.41) is 0. The molecule has 1 atom stereocenters. The molecule has 112 valence electrons. The van der Waals surface area contributed by atoms with Gasteiger partial charge in [0.25, 0.3) is 0 Å². The Morgan fingerprint density at radius 1 is 1.30 bits per heavy atom. The SMILES string of the molecule is CCOCC1CCCN(Cc2ccccc2N(C)C)C1. The number of para-hydroxylation sites is 1. The van der Waals surface area contributed by atoms with Crippen LogP contribution in [0.1, 0.15) is 25.3 Å². The number of hydrogen-bond donors (Lipinski definition) is 0. The summed E-state index contributed by atoms with van der Waals surface area (Å²) in [7, 11) is 4.24. The number of anilines is 1. The fourth-order valence-electron chi connectivity index (χ4n) is 3.04. The van der Waals surface area contributed by atoms with Crippen LogP contribution in [0.25, 0.3) is 0 Å². The molecule has 1 aromatic rings. The van der Waals surface area contributed by atoms with Gasteiger partial charge in [-0.1, -0.05) is 18.2 Å². The molecule has 1 heterocycles. The minimum atomic E-state index is 0.704. The van der Waals surface area contributed by atoms with E-state index in [2.05, 4.69) is 55.1 Å². The van der Waals surface area contributed by atoms with Crippen LogP contribution in [0, 0.1) is 5.92 Å². The number of rotatable bonds is 6. The summed E-state index contributed by atoms with van der Waals surface area (Å²) in [5.74, 6) is 0.704. The van der Waals surface area contributed by atoms with Crippen molar-refractivity contribution in [3.63, 3.8) is 0 Å². The van der Waals surface area contributed by atoms with Crippen molar-refractivity contribution < 1.29 is 4.74 Å². The maximum Gasteiger partial charge on any atom is 0.0506 e. The van der Waals surface area contributed by atoms with Crippen molar-refractivity contribution in [3.05, 3.63) is 29.8 Å². The van der Waals surface area contributed by atoms with Crippen LogP contribution in [0.15, 0.2) is 24.3 Å². The summed E-state index contributed by atoms with van der Waals surface area (Å²) in [5.41, 5.74) is 2.76. The van der Waals surface area contributed by atoms with E-state index in [9.17, 15) is 0 Å². The van der Waals surface area contributed by atoms with Crippen molar-refractivity contribution in [1.29, 1.82) is 0 Å². The normalized spacial score (nSPS) is 20.1. The van der Waals surface area contributed by atoms with Crippen molar-refractivity contribution >= 4 is 5.69 Å². The van der Waals surface area contributed by atoms with Crippen molar-refractivity contribution in [2.75, 3.05) is 45.3 Å². The summed E-state index contributed by atoms with van der Waals surface area (Å²) in [4.78, 5) is 4.78. The number of ether oxygens (including phenoxy) is 1. The molecule has 0 radical (unpaired) electrons. The highest BCUT2D eigenvalue weighted by Gasteiger charge is 2.20. The molecule has 1 aliphatic rings. The van der Waals surface area contributed by atoms with E-state index in [4.69, 9.17) is 4.74 Å². The van der Waals surface area contributed by atoms with E-state index in [-0.39, 0.29) is 0 Å². The molecule has 0 bridgehead atoms. The Kier molecular flexibility index (Phi) is 5.86. The van der Waals surface area contributed by atoms with Gasteiger partial charge in [-0.3, -0.25) is 4.90 Å². The average molecular weight is 276 g/mol. The van der Waals surface area contributed by atoms with Crippen molar-refractivity contribution in [1.82, 2.24) is 4.90 Å². The van der Waals surface area contributed by atoms with E-state index in [1.165, 1.54) is 37.2 Å². The number of piperidine rings is 1. The van der Waals surface area contributed by atoms with Crippen molar-refractivity contribution in [2.45, 2.75) is 26.3 Å². The van der Waals surface area contributed by atoms with Gasteiger partial charge in [0.05, 0.1) is 6.61 Å². The minimum Gasteiger partial charge on any atom is -0.381 e. The van der Waals surface area contributed by atoms with Crippen molar-refractivity contribution in [3.8, 4) is 0 Å². The highest BCUT2D eigenvalue weighted by molar-refractivity contribution is 5.52. The van der Waals surface area contributed by atoms with Gasteiger partial charge in [0.1, 0.15) is 0 Å². The molecule has 1 aromatic carbocycles. The molecule has 3 heteroatoms. The molecule has 0 saturated carbocycles. The van der Waals surface area contributed by atoms with Gasteiger partial charge in [-0.05, 0) is 43.9 Å². The van der Waals surface area contributed by atoms with Crippen LogP contribution in [0.2, 0.25) is 0 Å². The van der Waals surface area contributed by atoms with Gasteiger partial charge in [-0.15, -0.1) is 0 Å². The van der Waals surface area contributed by atoms with E-state index < -0.39 is 0 Å². The predicted octanol–water partition coefficient (Wildman–Crippen LogP) is 3.00. The maximum atomic E-state index is 5.60. The molecule has 0 amide bonds. The molecule has 1 fully saturated rings. The van der Waals surface area contributed by atoms with Gasteiger partial charge in [0, 0.05) is 39.5 Å². The first-order chi connectivity index (χ1) is 9.70. The molecule has 0 aromatic heterocycles. The second-order valence-corrected chi connectivity index (χ2v) is 5.93. The molecule has 0 N–H and O–H groups in total. The smallest absolute Gasteiger partial charge is 0.0506 e. The largest absolute Gasteiger partial charge is 0.381 e. The molecule has 0 spiro atoms. The average Bonchev–Trinajstić information content (AvgIpc) is 2.46. The molecule has 1 unspecified atom stereocenters. The lowest BCUT2D eigenvalue weighted by molar-refractivity contribution is 0.0648. The first kappa shape index (κ1) is 15.3. The Hall–Kier alpha value is -1.06. The molecule has 3 nitrogen and oxygen atoms in total. The van der Waals surface area contributed by atoms with Gasteiger partial charge < -0.3 is 9.64 Å². The lowest BCUT2D eigenvalue weighted by Crippen LogP contribution is -2.37. The topological polar surface area (TPSA) is 15.7 Å². The lowest BCUT2D eigenvalue weighted by atomic mass is 9.98. The third kappa shape index (κ3) is 4.22. The molecule has 0 aliphatic carbocycles. The summed E-state index contributed by atoms with van der Waals surface area (Å²) in [6, 6.07) is 8.72. The zero-order valence-electron chi connectivity index (χ0n) is 13.1. The van der Waals surface area contributed by atoms with Crippen molar-refractivity contribution in [2.24, 2.45) is 5.92 Å². The first-order valence-corrected chi connectivity index (χ1v) is 7.76. The molecule has 1 saturated heterocycles. The third-order valence-electron chi connectivity index (χ3n) is 4.03. The zero-order valence-corrected chi connectivity index (χ0v) is 13.1. The summed E-state index contributed by atoms with van der Waals surface area (Å²) in [6.45, 7) is 7.26. The second-order valence-electron chi connectivity index (χ2n) is 5.93. The third-order valence-corrected chi connectivity index (χ3v) is 4.03. The zero-order chi connectivity index (χ0) is 14.4. The Morgan fingerprint density at radius 3 is 2.85 bits per heavy atom. The molecule has 2 rings (SSSR count). The number of likely N-dealkylation sites (tertiary alicyclic amines) is 1. The quantitative estimate of drug-likeness (QED) is 0.794. The van der Waals surface area contributed by atoms with Crippen LogP contribution in [0.3, 0.4) is 0 Å². The maximum absolute atomic E-state index is 5.60. The predicted molar refractivity (Wildman–Crippen MR) is 85.3 cm³/mol. The van der Waals surface area contributed by atoms with E-state index in [1.54, 1.807) is 0 Å². The highest BCUT2D eigenvalue weighted by atomic mass is 16.5. The number of benzene rings is 1. The van der Waals surface area contributed by atoms with Crippen LogP contribution in [0.5, 0.6) is 0 Å². The van der Waals surface area contributed by atoms with E-state index in [0.717, 1.165) is 19.8 Å². The Labute approximate surface area is 123 Å². The molecule has 1 aliphatic heterocycles. The molecule has 20 heavy (non-hydrogen) atoms.